The van der Waals surface area contributed by atoms with Crippen molar-refractivity contribution in [2.75, 3.05) is 19.3 Å². The topological polar surface area (TPSA) is 46.2 Å². The van der Waals surface area contributed by atoms with Crippen LogP contribution in [0, 0.1) is 0 Å². The van der Waals surface area contributed by atoms with Gasteiger partial charge in [0.05, 0.1) is 10.6 Å². The van der Waals surface area contributed by atoms with Crippen molar-refractivity contribution in [1.82, 2.24) is 5.32 Å². The lowest BCUT2D eigenvalue weighted by atomic mass is 9.87. The van der Waals surface area contributed by atoms with Crippen LogP contribution in [-0.2, 0) is 15.3 Å². The summed E-state index contributed by atoms with van der Waals surface area (Å²) in [6.07, 6.45) is 0.639. The molecule has 0 radical (unpaired) electrons. The summed E-state index contributed by atoms with van der Waals surface area (Å²) in [5.41, 5.74) is 1.20. The van der Waals surface area contributed by atoms with Gasteiger partial charge in [0.25, 0.3) is 0 Å². The first-order chi connectivity index (χ1) is 8.27. The SMILES string of the molecule is CNCCCS(=O)(=O)c1ccc(C(C)(C)C)cc1. The van der Waals surface area contributed by atoms with E-state index in [-0.39, 0.29) is 11.2 Å². The van der Waals surface area contributed by atoms with E-state index in [0.717, 1.165) is 12.1 Å². The van der Waals surface area contributed by atoms with Crippen LogP contribution >= 0.6 is 0 Å². The number of hydrogen-bond acceptors (Lipinski definition) is 3. The summed E-state index contributed by atoms with van der Waals surface area (Å²) in [7, 11) is -1.31. The van der Waals surface area contributed by atoms with Crippen molar-refractivity contribution in [2.24, 2.45) is 0 Å². The Balaban J connectivity index is 2.85. The molecule has 0 unspecified atom stereocenters. The van der Waals surface area contributed by atoms with Gasteiger partial charge in [-0.2, -0.15) is 0 Å². The first-order valence-corrected chi connectivity index (χ1v) is 7.90. The van der Waals surface area contributed by atoms with E-state index < -0.39 is 9.84 Å². The Kier molecular flexibility index (Phi) is 4.93. The van der Waals surface area contributed by atoms with Crippen LogP contribution in [0.2, 0.25) is 0 Å². The van der Waals surface area contributed by atoms with Gasteiger partial charge in [-0.15, -0.1) is 0 Å². The van der Waals surface area contributed by atoms with E-state index in [1.807, 2.05) is 19.2 Å². The van der Waals surface area contributed by atoms with Crippen molar-refractivity contribution in [3.8, 4) is 0 Å². The molecule has 1 rings (SSSR count). The fraction of sp³-hybridized carbons (Fsp3) is 0.571. The molecule has 0 saturated carbocycles. The summed E-state index contributed by atoms with van der Waals surface area (Å²) < 4.78 is 24.1. The predicted octanol–water partition coefficient (Wildman–Crippen LogP) is 2.37. The molecule has 4 heteroatoms. The van der Waals surface area contributed by atoms with Crippen LogP contribution in [0.15, 0.2) is 29.2 Å². The Hall–Kier alpha value is -0.870. The largest absolute Gasteiger partial charge is 0.320 e. The summed E-state index contributed by atoms with van der Waals surface area (Å²) >= 11 is 0. The second-order valence-electron chi connectivity index (χ2n) is 5.55. The Morgan fingerprint density at radius 2 is 1.67 bits per heavy atom. The summed E-state index contributed by atoms with van der Waals surface area (Å²) in [5.74, 6) is 0.197. The quantitative estimate of drug-likeness (QED) is 0.835. The van der Waals surface area contributed by atoms with Crippen molar-refractivity contribution >= 4 is 9.84 Å². The van der Waals surface area contributed by atoms with Crippen molar-refractivity contribution < 1.29 is 8.42 Å². The summed E-state index contributed by atoms with van der Waals surface area (Å²) in [5, 5.41) is 2.96. The molecule has 3 nitrogen and oxygen atoms in total. The molecule has 0 fully saturated rings. The molecule has 0 atom stereocenters. The van der Waals surface area contributed by atoms with Gasteiger partial charge in [0.2, 0.25) is 0 Å². The van der Waals surface area contributed by atoms with Crippen molar-refractivity contribution in [3.63, 3.8) is 0 Å². The molecule has 0 bridgehead atoms. The lowest BCUT2D eigenvalue weighted by Gasteiger charge is -2.19. The van der Waals surface area contributed by atoms with Gasteiger partial charge in [-0.1, -0.05) is 32.9 Å². The first-order valence-electron chi connectivity index (χ1n) is 6.25. The second kappa shape index (κ2) is 5.85. The average Bonchev–Trinajstić information content (AvgIpc) is 2.28. The minimum atomic E-state index is -3.13. The highest BCUT2D eigenvalue weighted by atomic mass is 32.2. The first kappa shape index (κ1) is 15.2. The van der Waals surface area contributed by atoms with Gasteiger partial charge < -0.3 is 5.32 Å². The minimum absolute atomic E-state index is 0.0500. The molecular formula is C14H23NO2S. The fourth-order valence-corrected chi connectivity index (χ4v) is 3.03. The van der Waals surface area contributed by atoms with E-state index in [4.69, 9.17) is 0 Å². The molecule has 1 aromatic carbocycles. The summed E-state index contributed by atoms with van der Waals surface area (Å²) in [6, 6.07) is 7.25. The number of rotatable bonds is 5. The van der Waals surface area contributed by atoms with Crippen LogP contribution in [0.3, 0.4) is 0 Å². The van der Waals surface area contributed by atoms with E-state index in [1.165, 1.54) is 0 Å². The zero-order valence-corrected chi connectivity index (χ0v) is 12.5. The van der Waals surface area contributed by atoms with E-state index in [1.54, 1.807) is 12.1 Å². The van der Waals surface area contributed by atoms with Gasteiger partial charge in [-0.3, -0.25) is 0 Å². The Labute approximate surface area is 111 Å². The molecule has 0 heterocycles. The molecule has 1 aromatic rings. The third-order valence-corrected chi connectivity index (χ3v) is 4.74. The van der Waals surface area contributed by atoms with Crippen LogP contribution in [0.1, 0.15) is 32.8 Å². The lowest BCUT2D eigenvalue weighted by Crippen LogP contribution is -2.15. The fourth-order valence-electron chi connectivity index (χ4n) is 1.72. The second-order valence-corrected chi connectivity index (χ2v) is 7.66. The number of hydrogen-bond donors (Lipinski definition) is 1. The molecule has 18 heavy (non-hydrogen) atoms. The van der Waals surface area contributed by atoms with Gasteiger partial charge >= 0.3 is 0 Å². The number of nitrogens with one attached hydrogen (secondary N) is 1. The van der Waals surface area contributed by atoms with E-state index >= 15 is 0 Å². The Morgan fingerprint density at radius 1 is 1.11 bits per heavy atom. The van der Waals surface area contributed by atoms with Crippen molar-refractivity contribution in [2.45, 2.75) is 37.5 Å². The maximum Gasteiger partial charge on any atom is 0.178 e. The smallest absolute Gasteiger partial charge is 0.178 e. The molecule has 0 aliphatic carbocycles. The van der Waals surface area contributed by atoms with E-state index in [9.17, 15) is 8.42 Å². The number of benzene rings is 1. The normalized spacial score (nSPS) is 12.7. The molecule has 0 aliphatic rings. The average molecular weight is 269 g/mol. The zero-order valence-electron chi connectivity index (χ0n) is 11.7. The van der Waals surface area contributed by atoms with Crippen molar-refractivity contribution in [1.29, 1.82) is 0 Å². The van der Waals surface area contributed by atoms with Crippen LogP contribution in [0.4, 0.5) is 0 Å². The number of sulfone groups is 1. The molecule has 0 aromatic heterocycles. The highest BCUT2D eigenvalue weighted by molar-refractivity contribution is 7.91. The van der Waals surface area contributed by atoms with Gasteiger partial charge in [0.1, 0.15) is 0 Å². The summed E-state index contributed by atoms with van der Waals surface area (Å²) in [6.45, 7) is 7.07. The molecule has 0 spiro atoms. The van der Waals surface area contributed by atoms with Crippen LogP contribution < -0.4 is 5.32 Å². The van der Waals surface area contributed by atoms with Crippen LogP contribution in [0.5, 0.6) is 0 Å². The Morgan fingerprint density at radius 3 is 2.11 bits per heavy atom. The van der Waals surface area contributed by atoms with E-state index in [2.05, 4.69) is 26.1 Å². The van der Waals surface area contributed by atoms with Gasteiger partial charge in [0.15, 0.2) is 9.84 Å². The molecule has 102 valence electrons. The highest BCUT2D eigenvalue weighted by Crippen LogP contribution is 2.23. The van der Waals surface area contributed by atoms with Gasteiger partial charge in [0, 0.05) is 0 Å². The molecule has 1 N–H and O–H groups in total. The molecule has 0 amide bonds. The Bertz CT molecular complexity index is 470. The lowest BCUT2D eigenvalue weighted by molar-refractivity contribution is 0.585. The maximum absolute atomic E-state index is 12.0. The van der Waals surface area contributed by atoms with Crippen molar-refractivity contribution in [3.05, 3.63) is 29.8 Å². The highest BCUT2D eigenvalue weighted by Gasteiger charge is 2.17. The minimum Gasteiger partial charge on any atom is -0.320 e. The third kappa shape index (κ3) is 4.10. The predicted molar refractivity (Wildman–Crippen MR) is 75.7 cm³/mol. The van der Waals surface area contributed by atoms with E-state index in [0.29, 0.717) is 11.3 Å². The van der Waals surface area contributed by atoms with Gasteiger partial charge in [-0.25, -0.2) is 8.42 Å². The maximum atomic E-state index is 12.0. The standard InChI is InChI=1S/C14H23NO2S/c1-14(2,3)12-6-8-13(9-7-12)18(16,17)11-5-10-15-4/h6-9,15H,5,10-11H2,1-4H3. The van der Waals surface area contributed by atoms with Crippen LogP contribution in [0.25, 0.3) is 0 Å². The molecule has 0 saturated heterocycles. The summed E-state index contributed by atoms with van der Waals surface area (Å²) in [4.78, 5) is 0.423. The monoisotopic (exact) mass is 269 g/mol. The van der Waals surface area contributed by atoms with Gasteiger partial charge in [-0.05, 0) is 43.1 Å². The van der Waals surface area contributed by atoms with Crippen LogP contribution in [-0.4, -0.2) is 27.8 Å². The molecule has 0 aliphatic heterocycles. The molecular weight excluding hydrogens is 246 g/mol. The zero-order chi connectivity index (χ0) is 13.8. The third-order valence-electron chi connectivity index (χ3n) is 2.92.